The van der Waals surface area contributed by atoms with Crippen molar-refractivity contribution in [2.75, 3.05) is 19.0 Å². The number of likely N-dealkylation sites (tertiary alicyclic amines) is 1. The van der Waals surface area contributed by atoms with Crippen LogP contribution in [0.1, 0.15) is 19.8 Å². The van der Waals surface area contributed by atoms with E-state index < -0.39 is 5.97 Å². The van der Waals surface area contributed by atoms with Crippen molar-refractivity contribution >= 4 is 22.8 Å². The summed E-state index contributed by atoms with van der Waals surface area (Å²) >= 11 is 1.29. The molecule has 0 amide bonds. The molecule has 0 saturated carbocycles. The van der Waals surface area contributed by atoms with E-state index in [1.54, 1.807) is 6.92 Å². The standard InChI is InChI=1S/C9H15NO3S/c1-7(11)14-6-10-4-2-8(3-5-10)9(12)13/h8H,2-6H2,1H3,(H,12,13). The van der Waals surface area contributed by atoms with E-state index in [1.807, 2.05) is 0 Å². The normalized spacial score (nSPS) is 19.5. The molecule has 0 aliphatic carbocycles. The molecule has 0 atom stereocenters. The third kappa shape index (κ3) is 3.67. The molecule has 14 heavy (non-hydrogen) atoms. The van der Waals surface area contributed by atoms with E-state index in [1.165, 1.54) is 11.8 Å². The van der Waals surface area contributed by atoms with E-state index in [2.05, 4.69) is 4.90 Å². The number of aliphatic carboxylic acids is 1. The van der Waals surface area contributed by atoms with Crippen molar-refractivity contribution in [2.24, 2.45) is 5.92 Å². The van der Waals surface area contributed by atoms with Crippen LogP contribution in [0.4, 0.5) is 0 Å². The zero-order valence-electron chi connectivity index (χ0n) is 8.23. The molecule has 1 aliphatic rings. The maximum Gasteiger partial charge on any atom is 0.306 e. The highest BCUT2D eigenvalue weighted by Crippen LogP contribution is 2.19. The zero-order valence-corrected chi connectivity index (χ0v) is 9.05. The Kier molecular flexibility index (Phi) is 4.41. The molecule has 0 bridgehead atoms. The van der Waals surface area contributed by atoms with Gasteiger partial charge in [0.2, 0.25) is 0 Å². The van der Waals surface area contributed by atoms with Gasteiger partial charge in [-0.25, -0.2) is 0 Å². The van der Waals surface area contributed by atoms with Crippen LogP contribution in [-0.4, -0.2) is 40.1 Å². The number of hydrogen-bond acceptors (Lipinski definition) is 4. The van der Waals surface area contributed by atoms with E-state index in [0.717, 1.165) is 13.1 Å². The van der Waals surface area contributed by atoms with Crippen LogP contribution in [-0.2, 0) is 9.59 Å². The monoisotopic (exact) mass is 217 g/mol. The maximum atomic E-state index is 10.7. The molecule has 0 spiro atoms. The molecule has 4 nitrogen and oxygen atoms in total. The van der Waals surface area contributed by atoms with Gasteiger partial charge in [0.25, 0.3) is 0 Å². The molecule has 0 aromatic rings. The van der Waals surface area contributed by atoms with Crippen LogP contribution in [0.25, 0.3) is 0 Å². The molecule has 1 N–H and O–H groups in total. The SMILES string of the molecule is CC(=O)SCN1CCC(C(=O)O)CC1. The third-order valence-electron chi connectivity index (χ3n) is 2.39. The van der Waals surface area contributed by atoms with Crippen LogP contribution in [0.3, 0.4) is 0 Å². The second-order valence-electron chi connectivity index (χ2n) is 3.50. The van der Waals surface area contributed by atoms with Crippen molar-refractivity contribution < 1.29 is 14.7 Å². The number of piperidine rings is 1. The molecule has 1 saturated heterocycles. The van der Waals surface area contributed by atoms with Gasteiger partial charge in [-0.1, -0.05) is 11.8 Å². The Hall–Kier alpha value is -0.550. The quantitative estimate of drug-likeness (QED) is 0.765. The summed E-state index contributed by atoms with van der Waals surface area (Å²) in [5, 5.41) is 8.88. The molecule has 1 heterocycles. The molecular weight excluding hydrogens is 202 g/mol. The fourth-order valence-corrected chi connectivity index (χ4v) is 2.11. The first-order valence-electron chi connectivity index (χ1n) is 4.68. The summed E-state index contributed by atoms with van der Waals surface area (Å²) < 4.78 is 0. The second-order valence-corrected chi connectivity index (χ2v) is 4.62. The Morgan fingerprint density at radius 3 is 2.43 bits per heavy atom. The van der Waals surface area contributed by atoms with E-state index in [0.29, 0.717) is 18.7 Å². The van der Waals surface area contributed by atoms with Crippen LogP contribution >= 0.6 is 11.8 Å². The summed E-state index contributed by atoms with van der Waals surface area (Å²) in [7, 11) is 0. The van der Waals surface area contributed by atoms with E-state index in [-0.39, 0.29) is 11.0 Å². The summed E-state index contributed by atoms with van der Waals surface area (Å²) in [4.78, 5) is 23.5. The summed E-state index contributed by atoms with van der Waals surface area (Å²) in [5.41, 5.74) is 0. The van der Waals surface area contributed by atoms with Gasteiger partial charge in [-0.2, -0.15) is 0 Å². The van der Waals surface area contributed by atoms with Gasteiger partial charge in [0, 0.05) is 6.92 Å². The molecule has 5 heteroatoms. The summed E-state index contributed by atoms with van der Waals surface area (Å²) in [6.07, 6.45) is 1.40. The number of thioether (sulfide) groups is 1. The van der Waals surface area contributed by atoms with Crippen molar-refractivity contribution in [1.29, 1.82) is 0 Å². The Balaban J connectivity index is 2.22. The van der Waals surface area contributed by atoms with Gasteiger partial charge in [0.15, 0.2) is 5.12 Å². The van der Waals surface area contributed by atoms with Crippen LogP contribution in [0.15, 0.2) is 0 Å². The smallest absolute Gasteiger partial charge is 0.306 e. The van der Waals surface area contributed by atoms with Crippen LogP contribution < -0.4 is 0 Å². The summed E-state index contributed by atoms with van der Waals surface area (Å²) in [5.74, 6) is -0.181. The number of carbonyl (C=O) groups is 2. The van der Waals surface area contributed by atoms with Crippen LogP contribution in [0.5, 0.6) is 0 Å². The number of nitrogens with zero attached hydrogens (tertiary/aromatic N) is 1. The van der Waals surface area contributed by atoms with Gasteiger partial charge in [0.1, 0.15) is 0 Å². The van der Waals surface area contributed by atoms with E-state index >= 15 is 0 Å². The number of hydrogen-bond donors (Lipinski definition) is 1. The fourth-order valence-electron chi connectivity index (χ4n) is 1.49. The Bertz CT molecular complexity index is 224. The highest BCUT2D eigenvalue weighted by atomic mass is 32.2. The first-order chi connectivity index (χ1) is 6.59. The molecule has 1 fully saturated rings. The predicted molar refractivity (Wildman–Crippen MR) is 55.1 cm³/mol. The van der Waals surface area contributed by atoms with Crippen molar-refractivity contribution in [3.8, 4) is 0 Å². The molecular formula is C9H15NO3S. The molecule has 0 aromatic heterocycles. The third-order valence-corrected chi connectivity index (χ3v) is 3.29. The highest BCUT2D eigenvalue weighted by Gasteiger charge is 2.24. The molecule has 0 radical (unpaired) electrons. The van der Waals surface area contributed by atoms with Gasteiger partial charge < -0.3 is 5.11 Å². The summed E-state index contributed by atoms with van der Waals surface area (Å²) in [6, 6.07) is 0. The lowest BCUT2D eigenvalue weighted by molar-refractivity contribution is -0.143. The van der Waals surface area contributed by atoms with E-state index in [4.69, 9.17) is 5.11 Å². The lowest BCUT2D eigenvalue weighted by atomic mass is 9.98. The zero-order chi connectivity index (χ0) is 10.6. The van der Waals surface area contributed by atoms with Crippen molar-refractivity contribution in [3.05, 3.63) is 0 Å². The van der Waals surface area contributed by atoms with Crippen molar-refractivity contribution in [3.63, 3.8) is 0 Å². The molecule has 0 aromatic carbocycles. The minimum Gasteiger partial charge on any atom is -0.481 e. The average Bonchev–Trinajstić information content (AvgIpc) is 2.15. The van der Waals surface area contributed by atoms with Crippen molar-refractivity contribution in [2.45, 2.75) is 19.8 Å². The van der Waals surface area contributed by atoms with E-state index in [9.17, 15) is 9.59 Å². The van der Waals surface area contributed by atoms with Gasteiger partial charge in [-0.3, -0.25) is 14.5 Å². The van der Waals surface area contributed by atoms with Gasteiger partial charge in [-0.15, -0.1) is 0 Å². The maximum absolute atomic E-state index is 10.7. The largest absolute Gasteiger partial charge is 0.481 e. The number of carboxylic acid groups (broad SMARTS) is 1. The predicted octanol–water partition coefficient (Wildman–Crippen LogP) is 1.02. The topological polar surface area (TPSA) is 57.6 Å². The Morgan fingerprint density at radius 1 is 1.43 bits per heavy atom. The number of carbonyl (C=O) groups excluding carboxylic acids is 1. The molecule has 80 valence electrons. The Labute approximate surface area is 87.7 Å². The van der Waals surface area contributed by atoms with Gasteiger partial charge in [-0.05, 0) is 25.9 Å². The lowest BCUT2D eigenvalue weighted by Gasteiger charge is -2.29. The minimum absolute atomic E-state index is 0.116. The van der Waals surface area contributed by atoms with Crippen LogP contribution in [0.2, 0.25) is 0 Å². The van der Waals surface area contributed by atoms with Gasteiger partial charge >= 0.3 is 5.97 Å². The number of rotatable bonds is 3. The van der Waals surface area contributed by atoms with Crippen molar-refractivity contribution in [1.82, 2.24) is 4.90 Å². The van der Waals surface area contributed by atoms with Crippen LogP contribution in [0, 0.1) is 5.92 Å². The highest BCUT2D eigenvalue weighted by molar-refractivity contribution is 8.13. The molecule has 1 aliphatic heterocycles. The molecule has 0 unspecified atom stereocenters. The lowest BCUT2D eigenvalue weighted by Crippen LogP contribution is -2.36. The molecule has 1 rings (SSSR count). The number of carboxylic acids is 1. The van der Waals surface area contributed by atoms with Gasteiger partial charge in [0.05, 0.1) is 11.8 Å². The summed E-state index contributed by atoms with van der Waals surface area (Å²) in [6.45, 7) is 3.13. The first-order valence-corrected chi connectivity index (χ1v) is 5.66. The fraction of sp³-hybridized carbons (Fsp3) is 0.778. The average molecular weight is 217 g/mol. The minimum atomic E-state index is -0.691. The second kappa shape index (κ2) is 5.36. The Morgan fingerprint density at radius 2 is 2.00 bits per heavy atom. The first kappa shape index (κ1) is 11.5.